The number of nitrogens with zero attached hydrogens (tertiary/aromatic N) is 1. The molecule has 0 saturated heterocycles. The zero-order valence-electron chi connectivity index (χ0n) is 14.6. The monoisotopic (exact) mass is 394 g/mol. The molecule has 2 rings (SSSR count). The second-order valence-electron chi connectivity index (χ2n) is 5.72. The number of anilines is 1. The van der Waals surface area contributed by atoms with Gasteiger partial charge >= 0.3 is 0 Å². The summed E-state index contributed by atoms with van der Waals surface area (Å²) in [7, 11) is 1.61. The lowest BCUT2D eigenvalue weighted by atomic mass is 10.1. The summed E-state index contributed by atoms with van der Waals surface area (Å²) in [5.41, 5.74) is 1.59. The Balaban J connectivity index is 1.92. The van der Waals surface area contributed by atoms with Crippen LogP contribution in [0.5, 0.6) is 5.75 Å². The highest BCUT2D eigenvalue weighted by Gasteiger charge is 2.14. The third kappa shape index (κ3) is 5.93. The summed E-state index contributed by atoms with van der Waals surface area (Å²) < 4.78 is 5.12. The van der Waals surface area contributed by atoms with Gasteiger partial charge in [-0.05, 0) is 42.3 Å². The molecule has 0 spiro atoms. The molecule has 26 heavy (non-hydrogen) atoms. The van der Waals surface area contributed by atoms with E-state index < -0.39 is 0 Å². The molecular weight excluding hydrogens is 375 g/mol. The first-order valence-electron chi connectivity index (χ1n) is 8.02. The molecule has 0 aliphatic heterocycles. The van der Waals surface area contributed by atoms with Crippen LogP contribution in [-0.2, 0) is 16.0 Å². The lowest BCUT2D eigenvalue weighted by Crippen LogP contribution is -2.38. The summed E-state index contributed by atoms with van der Waals surface area (Å²) in [5, 5.41) is 3.48. The number of carbonyl (C=O) groups is 2. The number of nitrogens with one attached hydrogen (secondary N) is 1. The van der Waals surface area contributed by atoms with E-state index in [0.29, 0.717) is 28.7 Å². The first-order valence-corrected chi connectivity index (χ1v) is 8.78. The van der Waals surface area contributed by atoms with Gasteiger partial charge in [0.2, 0.25) is 11.8 Å². The van der Waals surface area contributed by atoms with Crippen molar-refractivity contribution in [2.75, 3.05) is 25.5 Å². The van der Waals surface area contributed by atoms with Crippen molar-refractivity contribution in [1.29, 1.82) is 0 Å². The second-order valence-corrected chi connectivity index (χ2v) is 6.53. The smallest absolute Gasteiger partial charge is 0.243 e. The van der Waals surface area contributed by atoms with Gasteiger partial charge in [0.1, 0.15) is 5.75 Å². The molecule has 0 aliphatic carbocycles. The topological polar surface area (TPSA) is 58.6 Å². The lowest BCUT2D eigenvalue weighted by Gasteiger charge is -2.20. The van der Waals surface area contributed by atoms with Crippen molar-refractivity contribution in [3.8, 4) is 5.75 Å². The number of ether oxygens (including phenoxy) is 1. The molecule has 0 heterocycles. The van der Waals surface area contributed by atoms with Crippen LogP contribution in [0.3, 0.4) is 0 Å². The predicted octanol–water partition coefficient (Wildman–Crippen LogP) is 4.03. The average Bonchev–Trinajstić information content (AvgIpc) is 2.62. The largest absolute Gasteiger partial charge is 0.497 e. The molecule has 0 saturated carbocycles. The zero-order chi connectivity index (χ0) is 19.1. The third-order valence-electron chi connectivity index (χ3n) is 3.81. The van der Waals surface area contributed by atoms with E-state index in [2.05, 4.69) is 5.32 Å². The molecule has 7 heteroatoms. The lowest BCUT2D eigenvalue weighted by molar-refractivity contribution is -0.132. The first kappa shape index (κ1) is 20.1. The fourth-order valence-electron chi connectivity index (χ4n) is 2.35. The van der Waals surface area contributed by atoms with Crippen LogP contribution in [0, 0.1) is 0 Å². The highest BCUT2D eigenvalue weighted by molar-refractivity contribution is 6.42. The summed E-state index contributed by atoms with van der Waals surface area (Å²) in [4.78, 5) is 25.6. The van der Waals surface area contributed by atoms with E-state index in [1.54, 1.807) is 25.3 Å². The minimum absolute atomic E-state index is 0.0360. The van der Waals surface area contributed by atoms with Crippen LogP contribution in [0.25, 0.3) is 0 Å². The molecule has 0 radical (unpaired) electrons. The van der Waals surface area contributed by atoms with Gasteiger partial charge in [-0.3, -0.25) is 9.59 Å². The maximum absolute atomic E-state index is 12.2. The fraction of sp³-hybridized carbons (Fsp3) is 0.263. The highest BCUT2D eigenvalue weighted by Crippen LogP contribution is 2.25. The molecule has 0 aromatic heterocycles. The Bertz CT molecular complexity index is 779. The van der Waals surface area contributed by atoms with Crippen LogP contribution in [-0.4, -0.2) is 36.9 Å². The molecule has 0 fully saturated rings. The van der Waals surface area contributed by atoms with Crippen molar-refractivity contribution in [3.05, 3.63) is 58.1 Å². The summed E-state index contributed by atoms with van der Waals surface area (Å²) in [6.07, 6.45) is 0.642. The van der Waals surface area contributed by atoms with Crippen molar-refractivity contribution >= 4 is 40.7 Å². The quantitative estimate of drug-likeness (QED) is 0.770. The van der Waals surface area contributed by atoms with Gasteiger partial charge < -0.3 is 15.0 Å². The fourth-order valence-corrected chi connectivity index (χ4v) is 2.65. The van der Waals surface area contributed by atoms with Gasteiger partial charge in [-0.25, -0.2) is 0 Å². The van der Waals surface area contributed by atoms with Crippen molar-refractivity contribution in [1.82, 2.24) is 4.90 Å². The average molecular weight is 395 g/mol. The van der Waals surface area contributed by atoms with Crippen LogP contribution in [0.15, 0.2) is 42.5 Å². The standard InChI is InChI=1S/C19H20Cl2N2O3/c1-13(24)23(10-9-14-3-6-16(26-2)7-4-14)12-19(25)22-15-5-8-17(20)18(21)11-15/h3-8,11H,9-10,12H2,1-2H3,(H,22,25). The van der Waals surface area contributed by atoms with Crippen LogP contribution in [0.4, 0.5) is 5.69 Å². The van der Waals surface area contributed by atoms with Gasteiger partial charge in [-0.15, -0.1) is 0 Å². The summed E-state index contributed by atoms with van der Waals surface area (Å²) in [6, 6.07) is 12.4. The number of hydrogen-bond acceptors (Lipinski definition) is 3. The van der Waals surface area contributed by atoms with Gasteiger partial charge in [0.25, 0.3) is 0 Å². The molecule has 2 aromatic rings. The second kappa shape index (κ2) is 9.46. The number of halogens is 2. The highest BCUT2D eigenvalue weighted by atomic mass is 35.5. The Kier molecular flexibility index (Phi) is 7.30. The van der Waals surface area contributed by atoms with Crippen LogP contribution >= 0.6 is 23.2 Å². The van der Waals surface area contributed by atoms with Gasteiger partial charge in [-0.2, -0.15) is 0 Å². The summed E-state index contributed by atoms with van der Waals surface area (Å²) in [5.74, 6) is 0.314. The van der Waals surface area contributed by atoms with Gasteiger partial charge in [-0.1, -0.05) is 35.3 Å². The van der Waals surface area contributed by atoms with Crippen molar-refractivity contribution in [2.24, 2.45) is 0 Å². The Morgan fingerprint density at radius 1 is 1.08 bits per heavy atom. The number of amides is 2. The van der Waals surface area contributed by atoms with E-state index in [0.717, 1.165) is 11.3 Å². The number of rotatable bonds is 7. The Labute approximate surface area is 162 Å². The number of hydrogen-bond donors (Lipinski definition) is 1. The molecule has 2 aromatic carbocycles. The normalized spacial score (nSPS) is 10.3. The molecule has 2 amide bonds. The first-order chi connectivity index (χ1) is 12.4. The van der Waals surface area contributed by atoms with Crippen molar-refractivity contribution in [2.45, 2.75) is 13.3 Å². The molecule has 138 valence electrons. The number of benzene rings is 2. The third-order valence-corrected chi connectivity index (χ3v) is 4.55. The van der Waals surface area contributed by atoms with Crippen molar-refractivity contribution in [3.63, 3.8) is 0 Å². The predicted molar refractivity (Wildman–Crippen MR) is 104 cm³/mol. The van der Waals surface area contributed by atoms with E-state index in [-0.39, 0.29) is 18.4 Å². The van der Waals surface area contributed by atoms with E-state index in [1.165, 1.54) is 11.8 Å². The minimum atomic E-state index is -0.298. The van der Waals surface area contributed by atoms with Crippen LogP contribution in [0.1, 0.15) is 12.5 Å². The Hall–Kier alpha value is -2.24. The van der Waals surface area contributed by atoms with Gasteiger partial charge in [0, 0.05) is 19.2 Å². The van der Waals surface area contributed by atoms with Crippen molar-refractivity contribution < 1.29 is 14.3 Å². The maximum Gasteiger partial charge on any atom is 0.243 e. The summed E-state index contributed by atoms with van der Waals surface area (Å²) in [6.45, 7) is 1.85. The molecule has 0 unspecified atom stereocenters. The minimum Gasteiger partial charge on any atom is -0.497 e. The van der Waals surface area contributed by atoms with Crippen LogP contribution < -0.4 is 10.1 Å². The molecule has 0 aliphatic rings. The molecule has 1 N–H and O–H groups in total. The van der Waals surface area contributed by atoms with E-state index in [1.807, 2.05) is 24.3 Å². The van der Waals surface area contributed by atoms with E-state index in [9.17, 15) is 9.59 Å². The molecule has 0 bridgehead atoms. The van der Waals surface area contributed by atoms with Crippen LogP contribution in [0.2, 0.25) is 10.0 Å². The Morgan fingerprint density at radius 2 is 1.77 bits per heavy atom. The SMILES string of the molecule is COc1ccc(CCN(CC(=O)Nc2ccc(Cl)c(Cl)c2)C(C)=O)cc1. The van der Waals surface area contributed by atoms with Gasteiger partial charge in [0.15, 0.2) is 0 Å². The molecular formula is C19H20Cl2N2O3. The van der Waals surface area contributed by atoms with E-state index >= 15 is 0 Å². The zero-order valence-corrected chi connectivity index (χ0v) is 16.1. The Morgan fingerprint density at radius 3 is 2.35 bits per heavy atom. The van der Waals surface area contributed by atoms with Gasteiger partial charge in [0.05, 0.1) is 23.7 Å². The summed E-state index contributed by atoms with van der Waals surface area (Å²) >= 11 is 11.8. The van der Waals surface area contributed by atoms with E-state index in [4.69, 9.17) is 27.9 Å². The molecule has 5 nitrogen and oxygen atoms in total. The number of methoxy groups -OCH3 is 1. The molecule has 0 atom stereocenters. The number of carbonyl (C=O) groups excluding carboxylic acids is 2. The maximum atomic E-state index is 12.2.